The van der Waals surface area contributed by atoms with Gasteiger partial charge >= 0.3 is 12.2 Å². The van der Waals surface area contributed by atoms with Gasteiger partial charge in [0.15, 0.2) is 24.8 Å². The average Bonchev–Trinajstić information content (AvgIpc) is 1.66. The summed E-state index contributed by atoms with van der Waals surface area (Å²) in [7, 11) is 0. The van der Waals surface area contributed by atoms with Gasteiger partial charge in [0.25, 0.3) is 11.8 Å². The summed E-state index contributed by atoms with van der Waals surface area (Å²) in [5, 5.41) is 176. The number of ether oxygens (including phenoxy) is 6. The van der Waals surface area contributed by atoms with E-state index in [4.69, 9.17) is 34.2 Å². The molecule has 8 fully saturated rings. The second-order valence-electron chi connectivity index (χ2n) is 40.9. The number of nitrogens with zero attached hydrogens (tertiary/aromatic N) is 1. The summed E-state index contributed by atoms with van der Waals surface area (Å²) in [5.41, 5.74) is 10.1. The Kier molecular flexibility index (Phi) is 42.7. The lowest BCUT2D eigenvalue weighted by molar-refractivity contribution is -0.326. The lowest BCUT2D eigenvalue weighted by Gasteiger charge is -2.58. The summed E-state index contributed by atoms with van der Waals surface area (Å²) in [6.07, 6.45) is -0.122. The molecule has 127 heavy (non-hydrogen) atoms. The van der Waals surface area contributed by atoms with Crippen molar-refractivity contribution < 1.29 is 129 Å². The molecule has 2 heterocycles. The number of aliphatic hydroxyl groups is 16. The maximum atomic E-state index is 13.5. The average molecular weight is 1810 g/mol. The van der Waals surface area contributed by atoms with Crippen molar-refractivity contribution in [1.29, 1.82) is 0 Å². The van der Waals surface area contributed by atoms with Crippen LogP contribution in [0.5, 0.6) is 0 Å². The number of nitrogens with two attached hydrogens (primary N) is 1. The highest BCUT2D eigenvalue weighted by atomic mass is 16.7. The van der Waals surface area contributed by atoms with Crippen LogP contribution in [0.15, 0.2) is 23.3 Å². The lowest BCUT2D eigenvalue weighted by atomic mass is 9.47. The summed E-state index contributed by atoms with van der Waals surface area (Å²) in [6, 6.07) is 0. The maximum Gasteiger partial charge on any atom is 0.410 e. The van der Waals surface area contributed by atoms with Gasteiger partial charge in [-0.25, -0.2) is 9.59 Å². The number of aliphatic hydroxyl groups excluding tert-OH is 16. The van der Waals surface area contributed by atoms with Crippen LogP contribution in [0.3, 0.4) is 0 Å². The fourth-order valence-corrected chi connectivity index (χ4v) is 24.7. The van der Waals surface area contributed by atoms with E-state index in [0.717, 1.165) is 129 Å². The molecule has 0 bridgehead atoms. The number of carbonyl (C=O) groups is 4. The molecule has 2 aliphatic heterocycles. The van der Waals surface area contributed by atoms with E-state index in [0.29, 0.717) is 56.0 Å². The Morgan fingerprint density at radius 1 is 0.480 bits per heavy atom. The van der Waals surface area contributed by atoms with Gasteiger partial charge < -0.3 is 147 Å². The molecule has 0 spiro atoms. The summed E-state index contributed by atoms with van der Waals surface area (Å²) < 4.78 is 33.3. The molecule has 33 nitrogen and oxygen atoms in total. The van der Waals surface area contributed by atoms with Crippen molar-refractivity contribution in [3.05, 3.63) is 23.3 Å². The van der Waals surface area contributed by atoms with Gasteiger partial charge in [0, 0.05) is 71.7 Å². The smallest absolute Gasteiger partial charge is 0.410 e. The van der Waals surface area contributed by atoms with Crippen molar-refractivity contribution in [3.8, 4) is 0 Å². The number of nitrogens with one attached hydrogen (secondary N) is 5. The molecule has 33 heteroatoms. The normalized spacial score (nSPS) is 36.2. The van der Waals surface area contributed by atoms with Crippen LogP contribution in [0.1, 0.15) is 237 Å². The van der Waals surface area contributed by atoms with E-state index < -0.39 is 155 Å². The zero-order chi connectivity index (χ0) is 92.3. The molecule has 34 unspecified atom stereocenters. The molecule has 0 aromatic rings. The van der Waals surface area contributed by atoms with Crippen molar-refractivity contribution >= 4 is 24.0 Å². The van der Waals surface area contributed by atoms with Gasteiger partial charge in [-0.1, -0.05) is 145 Å². The molecule has 10 rings (SSSR count). The first-order chi connectivity index (χ1) is 59.9. The lowest BCUT2D eigenvalue weighted by Crippen LogP contribution is -2.62. The third kappa shape index (κ3) is 26.6. The molecular formula is C94H169N7O26. The number of amides is 4. The Balaban J connectivity index is 0.000000312. The summed E-state index contributed by atoms with van der Waals surface area (Å²) in [5.74, 6) is 7.32. The Morgan fingerprint density at radius 2 is 0.906 bits per heavy atom. The standard InChI is InChI=1S/C47H83N3O13.C46H82N4O13.CH4/c1-27(2)10-9-11-28(3)32-14-15-33-31-13-12-29-24-30(16-18-46(29,4)34(31)17-19-47(32,33)5)61-45(60)50-21-8-6-7-20-48-22-23-49-43(59)40(57)39(56)42(35(53)25-51)63-44-41(58)38(55)37(54)36(26-52)62-44;1-26(2)7-6-8-27(3)31-11-12-32-30-10-9-28-23-29(13-15-45(28,4)33(30)14-16-46(31,32)5)61-44(60)50(21-17-47)22-20-48-18-19-49-42(59)39(57)38(56)41(34(53)24-51)63-43-40(58)37(55)36(54)35(25-52)62-43;/h12,27-28,30-42,44,48,51-58H,6-11,13-26H2,1-5H3,(H,49,59)(H,50,60);9,26-27,29-41,43,48,51-58H,6-8,10-25,47H2,1-5H3,(H,49,59);1H4. The quantitative estimate of drug-likeness (QED) is 0.0305. The minimum atomic E-state index is -2.17. The highest BCUT2D eigenvalue weighted by Gasteiger charge is 2.62. The van der Waals surface area contributed by atoms with E-state index in [2.05, 4.69) is 108 Å². The molecular weight excluding hydrogens is 1640 g/mol. The predicted octanol–water partition coefficient (Wildman–Crippen LogP) is 3.65. The van der Waals surface area contributed by atoms with Crippen LogP contribution >= 0.6 is 0 Å². The monoisotopic (exact) mass is 1810 g/mol. The number of rotatable bonds is 45. The van der Waals surface area contributed by atoms with Crippen LogP contribution in [-0.2, 0) is 38.0 Å². The van der Waals surface area contributed by atoms with Crippen molar-refractivity contribution in [2.24, 2.45) is 98.4 Å². The van der Waals surface area contributed by atoms with Crippen LogP contribution in [0.25, 0.3) is 0 Å². The van der Waals surface area contributed by atoms with E-state index in [1.54, 1.807) is 4.90 Å². The SMILES string of the molecule is C.CC(C)CCCC(C)C1CCC2C3CC=C4CC(OC(=O)N(CCN)CCNCCNC(=O)C(O)C(O)C(OC5OC(CO)C(O)C(O)C5O)C(O)CO)CCC4(C)C3CCC12C.CC(C)CCCC(C)C1CCC2C3CC=C4CC(OC(=O)NCCCCCNCCNC(=O)C(O)C(O)C(OC5OC(CO)C(O)C(O)C5O)C(O)CO)CCC4(C)C3CCC12C. The number of unbranched alkanes of at least 4 members (excludes halogenated alkanes) is 2. The molecule has 6 saturated carbocycles. The minimum Gasteiger partial charge on any atom is -0.446 e. The van der Waals surface area contributed by atoms with Gasteiger partial charge in [-0.15, -0.1) is 0 Å². The number of fused-ring (bicyclic) bond motifs is 10. The first kappa shape index (κ1) is 108. The van der Waals surface area contributed by atoms with E-state index in [-0.39, 0.29) is 62.7 Å². The molecule has 10 aliphatic rings. The highest BCUT2D eigenvalue weighted by Crippen LogP contribution is 2.69. The van der Waals surface area contributed by atoms with Crippen molar-refractivity contribution in [1.82, 2.24) is 31.5 Å². The van der Waals surface area contributed by atoms with Gasteiger partial charge in [0.2, 0.25) is 0 Å². The molecule has 2 saturated heterocycles. The van der Waals surface area contributed by atoms with Gasteiger partial charge in [-0.05, 0) is 202 Å². The molecule has 736 valence electrons. The van der Waals surface area contributed by atoms with E-state index in [1.165, 1.54) is 107 Å². The molecule has 34 atom stereocenters. The first-order valence-electron chi connectivity index (χ1n) is 48.1. The fourth-order valence-electron chi connectivity index (χ4n) is 24.7. The third-order valence-electron chi connectivity index (χ3n) is 32.0. The fraction of sp³-hybridized carbons (Fsp3) is 0.915. The third-order valence-corrected chi connectivity index (χ3v) is 32.0. The predicted molar refractivity (Wildman–Crippen MR) is 475 cm³/mol. The van der Waals surface area contributed by atoms with Crippen LogP contribution in [0.4, 0.5) is 9.59 Å². The number of hydrogen-bond donors (Lipinski definition) is 22. The van der Waals surface area contributed by atoms with E-state index in [9.17, 15) is 101 Å². The first-order valence-corrected chi connectivity index (χ1v) is 48.1. The molecule has 8 aliphatic carbocycles. The summed E-state index contributed by atoms with van der Waals surface area (Å²) in [6.45, 7) is 24.2. The molecule has 23 N–H and O–H groups in total. The van der Waals surface area contributed by atoms with Gasteiger partial charge in [0.1, 0.15) is 97.7 Å². The van der Waals surface area contributed by atoms with Crippen molar-refractivity contribution in [2.75, 3.05) is 91.9 Å². The van der Waals surface area contributed by atoms with Crippen LogP contribution in [-0.4, -0.2) is 325 Å². The largest absolute Gasteiger partial charge is 0.446 e. The minimum absolute atomic E-state index is 0. The van der Waals surface area contributed by atoms with Gasteiger partial charge in [-0.3, -0.25) is 9.59 Å². The Labute approximate surface area is 754 Å². The number of hydrogen-bond acceptors (Lipinski definition) is 29. The number of allylic oxidation sites excluding steroid dienone is 2. The second-order valence-corrected chi connectivity index (χ2v) is 40.9. The second kappa shape index (κ2) is 50.0. The van der Waals surface area contributed by atoms with Crippen LogP contribution in [0, 0.1) is 92.7 Å². The molecule has 0 aromatic heterocycles. The van der Waals surface area contributed by atoms with Crippen LogP contribution < -0.4 is 32.3 Å². The molecule has 0 aromatic carbocycles. The summed E-state index contributed by atoms with van der Waals surface area (Å²) in [4.78, 5) is 53.2. The molecule has 4 amide bonds. The summed E-state index contributed by atoms with van der Waals surface area (Å²) >= 11 is 0. The van der Waals surface area contributed by atoms with E-state index in [1.807, 2.05) is 0 Å². The van der Waals surface area contributed by atoms with Crippen LogP contribution in [0.2, 0.25) is 0 Å². The number of alkyl carbamates (subject to hydrolysis) is 1. The zero-order valence-corrected chi connectivity index (χ0v) is 77.0. The molecule has 0 radical (unpaired) electrons. The Bertz CT molecular complexity index is 3390. The zero-order valence-electron chi connectivity index (χ0n) is 77.0. The van der Waals surface area contributed by atoms with Gasteiger partial charge in [-0.2, -0.15) is 0 Å². The van der Waals surface area contributed by atoms with Gasteiger partial charge in [0.05, 0.1) is 26.4 Å². The number of carbonyl (C=O) groups excluding carboxylic acids is 4. The van der Waals surface area contributed by atoms with E-state index >= 15 is 0 Å². The Hall–Kier alpha value is -3.96. The van der Waals surface area contributed by atoms with Crippen molar-refractivity contribution in [2.45, 2.75) is 360 Å². The maximum absolute atomic E-state index is 13.5. The highest BCUT2D eigenvalue weighted by molar-refractivity contribution is 5.81. The Morgan fingerprint density at radius 3 is 1.32 bits per heavy atom. The topological polar surface area (TPSA) is 537 Å². The van der Waals surface area contributed by atoms with Crippen molar-refractivity contribution in [3.63, 3.8) is 0 Å².